The van der Waals surface area contributed by atoms with Crippen LogP contribution in [0, 0.1) is 11.8 Å². The number of urea groups is 1. The van der Waals surface area contributed by atoms with Crippen molar-refractivity contribution in [1.82, 2.24) is 14.8 Å². The molecule has 2 saturated heterocycles. The molecule has 2 amide bonds. The van der Waals surface area contributed by atoms with E-state index < -0.39 is 5.97 Å². The number of aromatic nitrogens is 1. The van der Waals surface area contributed by atoms with Crippen LogP contribution in [0.4, 0.5) is 10.6 Å². The fourth-order valence-corrected chi connectivity index (χ4v) is 4.88. The van der Waals surface area contributed by atoms with Gasteiger partial charge in [0.05, 0.1) is 0 Å². The number of carboxylic acid groups (broad SMARTS) is 1. The molecule has 3 aliphatic rings. The second-order valence-electron chi connectivity index (χ2n) is 8.79. The van der Waals surface area contributed by atoms with Crippen LogP contribution in [-0.2, 0) is 17.6 Å². The summed E-state index contributed by atoms with van der Waals surface area (Å²) in [6.45, 7) is 3.99. The topological polar surface area (TPSA) is 85.8 Å². The first-order valence-electron chi connectivity index (χ1n) is 11.1. The highest BCUT2D eigenvalue weighted by Gasteiger charge is 2.30. The van der Waals surface area contributed by atoms with Crippen molar-refractivity contribution in [3.05, 3.63) is 23.4 Å². The highest BCUT2D eigenvalue weighted by Crippen LogP contribution is 2.26. The van der Waals surface area contributed by atoms with Crippen molar-refractivity contribution >= 4 is 17.8 Å². The van der Waals surface area contributed by atoms with Gasteiger partial charge in [-0.1, -0.05) is 6.07 Å². The second kappa shape index (κ2) is 9.01. The van der Waals surface area contributed by atoms with E-state index in [-0.39, 0.29) is 18.4 Å². The van der Waals surface area contributed by atoms with Crippen molar-refractivity contribution in [3.63, 3.8) is 0 Å². The van der Waals surface area contributed by atoms with Gasteiger partial charge in [0.15, 0.2) is 0 Å². The minimum absolute atomic E-state index is 0.133. The van der Waals surface area contributed by atoms with Gasteiger partial charge >= 0.3 is 12.0 Å². The predicted octanol–water partition coefficient (Wildman–Crippen LogP) is 3.00. The first-order valence-corrected chi connectivity index (χ1v) is 11.1. The van der Waals surface area contributed by atoms with Crippen molar-refractivity contribution in [1.29, 1.82) is 0 Å². The summed E-state index contributed by atoms with van der Waals surface area (Å²) in [5.74, 6) is 1.11. The molecule has 158 valence electrons. The lowest BCUT2D eigenvalue weighted by Crippen LogP contribution is -2.49. The molecule has 0 aliphatic carbocycles. The molecular weight excluding hydrogens is 368 g/mol. The zero-order chi connectivity index (χ0) is 20.2. The van der Waals surface area contributed by atoms with E-state index in [0.29, 0.717) is 19.0 Å². The average Bonchev–Trinajstić information content (AvgIpc) is 2.74. The van der Waals surface area contributed by atoms with Gasteiger partial charge in [0.1, 0.15) is 5.82 Å². The number of nitrogens with one attached hydrogen (secondary N) is 1. The Hall–Kier alpha value is -2.31. The van der Waals surface area contributed by atoms with Crippen LogP contribution < -0.4 is 5.32 Å². The third kappa shape index (κ3) is 5.00. The lowest BCUT2D eigenvalue weighted by molar-refractivity contribution is -0.138. The Kier molecular flexibility index (Phi) is 6.21. The van der Waals surface area contributed by atoms with Crippen LogP contribution in [-0.4, -0.2) is 64.6 Å². The van der Waals surface area contributed by atoms with Gasteiger partial charge in [-0.05, 0) is 68.4 Å². The van der Waals surface area contributed by atoms with Gasteiger partial charge in [0.2, 0.25) is 0 Å². The van der Waals surface area contributed by atoms with Crippen LogP contribution in [0.5, 0.6) is 0 Å². The predicted molar refractivity (Wildman–Crippen MR) is 111 cm³/mol. The molecule has 2 N–H and O–H groups in total. The SMILES string of the molecule is O=C(O)CC1CCN(C(=O)N2CCC(Cc3ccc4c(n3)NCCC4)CC2)CC1. The number of piperidine rings is 2. The molecule has 0 saturated carbocycles. The molecule has 0 atom stereocenters. The van der Waals surface area contributed by atoms with Crippen LogP contribution in [0.1, 0.15) is 49.8 Å². The Morgan fingerprint density at radius 1 is 1.03 bits per heavy atom. The molecular formula is C22H32N4O3. The molecule has 2 fully saturated rings. The van der Waals surface area contributed by atoms with Gasteiger partial charge in [-0.3, -0.25) is 4.79 Å². The molecule has 7 nitrogen and oxygen atoms in total. The number of aryl methyl sites for hydroxylation is 1. The summed E-state index contributed by atoms with van der Waals surface area (Å²) in [5.41, 5.74) is 2.48. The Labute approximate surface area is 172 Å². The van der Waals surface area contributed by atoms with Gasteiger partial charge < -0.3 is 20.2 Å². The smallest absolute Gasteiger partial charge is 0.319 e. The maximum absolute atomic E-state index is 12.8. The lowest BCUT2D eigenvalue weighted by Gasteiger charge is -2.38. The number of carboxylic acids is 1. The van der Waals surface area contributed by atoms with Crippen LogP contribution in [0.2, 0.25) is 0 Å². The Morgan fingerprint density at radius 2 is 1.69 bits per heavy atom. The number of hydrogen-bond acceptors (Lipinski definition) is 4. The summed E-state index contributed by atoms with van der Waals surface area (Å²) in [5, 5.41) is 12.3. The molecule has 0 spiro atoms. The molecule has 1 aromatic heterocycles. The fourth-order valence-electron chi connectivity index (χ4n) is 4.88. The number of anilines is 1. The van der Waals surface area contributed by atoms with E-state index in [4.69, 9.17) is 10.1 Å². The molecule has 4 heterocycles. The highest BCUT2D eigenvalue weighted by atomic mass is 16.4. The van der Waals surface area contributed by atoms with E-state index in [1.165, 1.54) is 12.0 Å². The molecule has 0 radical (unpaired) electrons. The number of likely N-dealkylation sites (tertiary alicyclic amines) is 2. The monoisotopic (exact) mass is 400 g/mol. The summed E-state index contributed by atoms with van der Waals surface area (Å²) in [7, 11) is 0. The van der Waals surface area contributed by atoms with Gasteiger partial charge in [0, 0.05) is 44.8 Å². The van der Waals surface area contributed by atoms with E-state index in [2.05, 4.69) is 17.4 Å². The lowest BCUT2D eigenvalue weighted by atomic mass is 9.91. The van der Waals surface area contributed by atoms with E-state index in [1.807, 2.05) is 9.80 Å². The Morgan fingerprint density at radius 3 is 2.34 bits per heavy atom. The minimum atomic E-state index is -0.735. The molecule has 0 aromatic carbocycles. The summed E-state index contributed by atoms with van der Waals surface area (Å²) in [6.07, 6.45) is 7.14. The quantitative estimate of drug-likeness (QED) is 0.811. The first kappa shape index (κ1) is 20.0. The zero-order valence-electron chi connectivity index (χ0n) is 17.1. The summed E-state index contributed by atoms with van der Waals surface area (Å²) >= 11 is 0. The van der Waals surface area contributed by atoms with Gasteiger partial charge in [-0.25, -0.2) is 9.78 Å². The van der Waals surface area contributed by atoms with Crippen molar-refractivity contribution in [2.45, 2.75) is 51.4 Å². The Balaban J connectivity index is 1.23. The van der Waals surface area contributed by atoms with E-state index >= 15 is 0 Å². The third-order valence-corrected chi connectivity index (χ3v) is 6.68. The normalized spacial score (nSPS) is 20.8. The summed E-state index contributed by atoms with van der Waals surface area (Å²) in [6, 6.07) is 4.52. The average molecular weight is 401 g/mol. The van der Waals surface area contributed by atoms with Crippen LogP contribution in [0.15, 0.2) is 12.1 Å². The van der Waals surface area contributed by atoms with Crippen LogP contribution in [0.25, 0.3) is 0 Å². The number of nitrogens with zero attached hydrogens (tertiary/aromatic N) is 3. The standard InChI is InChI=1S/C22H32N4O3/c27-20(28)15-17-7-12-26(13-8-17)22(29)25-10-5-16(6-11-25)14-19-4-3-18-2-1-9-23-21(18)24-19/h3-4,16-17H,1-2,5-15H2,(H,23,24)(H,27,28). The molecule has 3 aliphatic heterocycles. The first-order chi connectivity index (χ1) is 14.1. The number of rotatable bonds is 4. The molecule has 0 unspecified atom stereocenters. The van der Waals surface area contributed by atoms with Gasteiger partial charge in [0.25, 0.3) is 0 Å². The van der Waals surface area contributed by atoms with E-state index in [1.54, 1.807) is 0 Å². The van der Waals surface area contributed by atoms with Gasteiger partial charge in [-0.2, -0.15) is 0 Å². The van der Waals surface area contributed by atoms with Crippen molar-refractivity contribution in [2.75, 3.05) is 38.0 Å². The molecule has 0 bridgehead atoms. The molecule has 1 aromatic rings. The highest BCUT2D eigenvalue weighted by molar-refractivity contribution is 5.74. The molecule has 29 heavy (non-hydrogen) atoms. The number of aliphatic carboxylic acids is 1. The fraction of sp³-hybridized carbons (Fsp3) is 0.682. The van der Waals surface area contributed by atoms with Crippen LogP contribution >= 0.6 is 0 Å². The van der Waals surface area contributed by atoms with E-state index in [9.17, 15) is 9.59 Å². The van der Waals surface area contributed by atoms with Crippen molar-refractivity contribution in [3.8, 4) is 0 Å². The number of fused-ring (bicyclic) bond motifs is 1. The molecule has 4 rings (SSSR count). The van der Waals surface area contributed by atoms with Gasteiger partial charge in [-0.15, -0.1) is 0 Å². The number of amides is 2. The van der Waals surface area contributed by atoms with E-state index in [0.717, 1.165) is 69.7 Å². The summed E-state index contributed by atoms with van der Waals surface area (Å²) < 4.78 is 0. The van der Waals surface area contributed by atoms with Crippen molar-refractivity contribution in [2.24, 2.45) is 11.8 Å². The minimum Gasteiger partial charge on any atom is -0.481 e. The van der Waals surface area contributed by atoms with Crippen molar-refractivity contribution < 1.29 is 14.7 Å². The number of hydrogen-bond donors (Lipinski definition) is 2. The Bertz CT molecular complexity index is 738. The second-order valence-corrected chi connectivity index (χ2v) is 8.79. The summed E-state index contributed by atoms with van der Waals surface area (Å²) in [4.78, 5) is 32.4. The number of carbonyl (C=O) groups excluding carboxylic acids is 1. The number of carbonyl (C=O) groups is 2. The zero-order valence-corrected chi connectivity index (χ0v) is 17.1. The number of pyridine rings is 1. The maximum atomic E-state index is 12.8. The third-order valence-electron chi connectivity index (χ3n) is 6.68. The van der Waals surface area contributed by atoms with Crippen LogP contribution in [0.3, 0.4) is 0 Å². The molecule has 7 heteroatoms. The largest absolute Gasteiger partial charge is 0.481 e. The maximum Gasteiger partial charge on any atom is 0.319 e.